The summed E-state index contributed by atoms with van der Waals surface area (Å²) in [4.78, 5) is 10.9. The van der Waals surface area contributed by atoms with Crippen LogP contribution in [-0.4, -0.2) is 25.2 Å². The number of halogens is 1. The van der Waals surface area contributed by atoms with Gasteiger partial charge in [0.15, 0.2) is 0 Å². The molecule has 1 aliphatic carbocycles. The molecular formula is C9H10ClNO3S. The second kappa shape index (κ2) is 4.63. The van der Waals surface area contributed by atoms with Gasteiger partial charge in [-0.1, -0.05) is 17.7 Å². The Kier molecular flexibility index (Phi) is 3.71. The van der Waals surface area contributed by atoms with E-state index in [1.165, 1.54) is 13.0 Å². The Hall–Kier alpha value is -1.07. The number of nitrogens with one attached hydrogen (secondary N) is 1. The molecule has 0 saturated carbocycles. The van der Waals surface area contributed by atoms with Gasteiger partial charge >= 0.3 is 0 Å². The lowest BCUT2D eigenvalue weighted by molar-refractivity contribution is -0.119. The third-order valence-corrected chi connectivity index (χ3v) is 3.08. The van der Waals surface area contributed by atoms with Gasteiger partial charge in [0.05, 0.1) is 10.9 Å². The van der Waals surface area contributed by atoms with Crippen molar-refractivity contribution < 1.29 is 13.2 Å². The molecule has 15 heavy (non-hydrogen) atoms. The number of amides is 1. The van der Waals surface area contributed by atoms with E-state index in [-0.39, 0.29) is 10.8 Å². The van der Waals surface area contributed by atoms with Gasteiger partial charge in [0.1, 0.15) is 0 Å². The van der Waals surface area contributed by atoms with E-state index in [4.69, 9.17) is 11.6 Å². The summed E-state index contributed by atoms with van der Waals surface area (Å²) in [5.74, 6) is -0.293. The predicted octanol–water partition coefficient (Wildman–Crippen LogP) is 0.625. The van der Waals surface area contributed by atoms with Crippen LogP contribution in [0, 0.1) is 0 Å². The number of hydrogen-bond acceptors (Lipinski definition) is 3. The fourth-order valence-electron chi connectivity index (χ4n) is 1.22. The number of allylic oxidation sites excluding steroid dienone is 2. The molecule has 0 saturated heterocycles. The molecule has 0 heterocycles. The average molecular weight is 248 g/mol. The molecule has 1 atom stereocenters. The van der Waals surface area contributed by atoms with Gasteiger partial charge in [-0.05, 0) is 18.6 Å². The van der Waals surface area contributed by atoms with Crippen LogP contribution in [0.5, 0.6) is 0 Å². The van der Waals surface area contributed by atoms with Gasteiger partial charge in [-0.3, -0.25) is 4.79 Å². The molecule has 82 valence electrons. The topological polar surface area (TPSA) is 63.2 Å². The van der Waals surface area contributed by atoms with Crippen molar-refractivity contribution in [2.24, 2.45) is 0 Å². The van der Waals surface area contributed by atoms with Crippen LogP contribution in [-0.2, 0) is 15.1 Å². The van der Waals surface area contributed by atoms with E-state index < -0.39 is 16.3 Å². The Morgan fingerprint density at radius 3 is 2.60 bits per heavy atom. The molecule has 6 heteroatoms. The Labute approximate surface area is 94.1 Å². The van der Waals surface area contributed by atoms with Crippen molar-refractivity contribution in [3.8, 4) is 0 Å². The monoisotopic (exact) mass is 247 g/mol. The SMILES string of the molecule is CC(=O)NC1C=C(C)C(Cl)=CC1=S(=O)=O. The number of rotatable bonds is 1. The van der Waals surface area contributed by atoms with Crippen molar-refractivity contribution in [2.75, 3.05) is 0 Å². The molecule has 0 aromatic carbocycles. The first kappa shape index (κ1) is 12.0. The maximum absolute atomic E-state index is 10.9. The van der Waals surface area contributed by atoms with Gasteiger partial charge in [-0.25, -0.2) is 0 Å². The molecule has 0 bridgehead atoms. The van der Waals surface area contributed by atoms with Crippen LogP contribution in [0.1, 0.15) is 13.8 Å². The summed E-state index contributed by atoms with van der Waals surface area (Å²) in [6.07, 6.45) is 2.95. The zero-order valence-corrected chi connectivity index (χ0v) is 9.82. The molecule has 0 aromatic rings. The van der Waals surface area contributed by atoms with Gasteiger partial charge in [-0.15, -0.1) is 0 Å². The van der Waals surface area contributed by atoms with Gasteiger partial charge in [0.25, 0.3) is 0 Å². The van der Waals surface area contributed by atoms with Crippen molar-refractivity contribution in [2.45, 2.75) is 19.9 Å². The molecule has 0 spiro atoms. The van der Waals surface area contributed by atoms with Gasteiger partial charge < -0.3 is 5.32 Å². The van der Waals surface area contributed by atoms with Crippen LogP contribution in [0.2, 0.25) is 0 Å². The molecule has 0 fully saturated rings. The summed E-state index contributed by atoms with van der Waals surface area (Å²) >= 11 is 5.79. The first-order chi connectivity index (χ1) is 6.91. The number of carbonyl (C=O) groups excluding carboxylic acids is 1. The van der Waals surface area contributed by atoms with Crippen molar-refractivity contribution >= 4 is 32.7 Å². The fraction of sp³-hybridized carbons (Fsp3) is 0.333. The van der Waals surface area contributed by atoms with Crippen LogP contribution in [0.4, 0.5) is 0 Å². The molecule has 1 rings (SSSR count). The van der Waals surface area contributed by atoms with Gasteiger partial charge in [-0.2, -0.15) is 8.42 Å². The zero-order valence-electron chi connectivity index (χ0n) is 8.24. The smallest absolute Gasteiger partial charge is 0.219 e. The predicted molar refractivity (Wildman–Crippen MR) is 59.2 cm³/mol. The van der Waals surface area contributed by atoms with Crippen LogP contribution in [0.15, 0.2) is 22.8 Å². The molecule has 4 nitrogen and oxygen atoms in total. The molecule has 1 N–H and O–H groups in total. The molecule has 1 amide bonds. The highest BCUT2D eigenvalue weighted by Gasteiger charge is 2.20. The van der Waals surface area contributed by atoms with Crippen molar-refractivity contribution in [1.82, 2.24) is 5.32 Å². The standard InChI is InChI=1S/C9H10ClNO3S/c1-5-3-8(11-6(2)12)9(15(13)14)4-7(5)10/h3-4,8H,1-2H3,(H,11,12). The summed E-state index contributed by atoms with van der Waals surface area (Å²) in [6.45, 7) is 3.08. The second-order valence-corrected chi connectivity index (χ2v) is 4.51. The van der Waals surface area contributed by atoms with E-state index in [1.54, 1.807) is 13.0 Å². The molecule has 0 aromatic heterocycles. The summed E-state index contributed by atoms with van der Waals surface area (Å²) < 4.78 is 21.8. The van der Waals surface area contributed by atoms with Crippen molar-refractivity contribution in [1.29, 1.82) is 0 Å². The quantitative estimate of drug-likeness (QED) is 0.691. The minimum Gasteiger partial charge on any atom is -0.345 e. The first-order valence-corrected chi connectivity index (χ1v) is 5.66. The maximum Gasteiger partial charge on any atom is 0.219 e. The van der Waals surface area contributed by atoms with E-state index in [9.17, 15) is 13.2 Å². The van der Waals surface area contributed by atoms with E-state index >= 15 is 0 Å². The Balaban J connectivity index is 3.17. The lowest BCUT2D eigenvalue weighted by atomic mass is 10.0. The Morgan fingerprint density at radius 1 is 1.53 bits per heavy atom. The second-order valence-electron chi connectivity index (χ2n) is 3.16. The maximum atomic E-state index is 10.9. The molecule has 0 radical (unpaired) electrons. The molecule has 0 aliphatic heterocycles. The van der Waals surface area contributed by atoms with E-state index in [2.05, 4.69) is 5.32 Å². The third-order valence-electron chi connectivity index (χ3n) is 1.92. The van der Waals surface area contributed by atoms with Crippen LogP contribution in [0.25, 0.3) is 0 Å². The van der Waals surface area contributed by atoms with E-state index in [0.29, 0.717) is 5.03 Å². The van der Waals surface area contributed by atoms with Crippen molar-refractivity contribution in [3.05, 3.63) is 22.8 Å². The van der Waals surface area contributed by atoms with Crippen LogP contribution < -0.4 is 5.32 Å². The minimum absolute atomic E-state index is 0.0702. The zero-order chi connectivity index (χ0) is 11.6. The lowest BCUT2D eigenvalue weighted by Crippen LogP contribution is -2.39. The largest absolute Gasteiger partial charge is 0.345 e. The summed E-state index contributed by atoms with van der Waals surface area (Å²) in [6, 6.07) is -0.622. The summed E-state index contributed by atoms with van der Waals surface area (Å²) in [5.41, 5.74) is 0.740. The average Bonchev–Trinajstić information content (AvgIpc) is 2.09. The summed E-state index contributed by atoms with van der Waals surface area (Å²) in [5, 5.41) is 2.89. The van der Waals surface area contributed by atoms with Crippen LogP contribution >= 0.6 is 11.6 Å². The summed E-state index contributed by atoms with van der Waals surface area (Å²) in [7, 11) is -2.39. The fourth-order valence-corrected chi connectivity index (χ4v) is 2.02. The third kappa shape index (κ3) is 2.94. The highest BCUT2D eigenvalue weighted by Crippen LogP contribution is 2.20. The van der Waals surface area contributed by atoms with Crippen LogP contribution in [0.3, 0.4) is 0 Å². The Bertz CT molecular complexity index is 479. The highest BCUT2D eigenvalue weighted by molar-refractivity contribution is 7.73. The lowest BCUT2D eigenvalue weighted by Gasteiger charge is -2.18. The molecule has 1 aliphatic rings. The molecular weight excluding hydrogens is 238 g/mol. The van der Waals surface area contributed by atoms with E-state index in [1.807, 2.05) is 0 Å². The van der Waals surface area contributed by atoms with E-state index in [0.717, 1.165) is 5.57 Å². The highest BCUT2D eigenvalue weighted by atomic mass is 35.5. The molecule has 1 unspecified atom stereocenters. The Morgan fingerprint density at radius 2 is 2.13 bits per heavy atom. The first-order valence-electron chi connectivity index (χ1n) is 4.21. The number of hydrogen-bond donors (Lipinski definition) is 1. The van der Waals surface area contributed by atoms with Crippen molar-refractivity contribution in [3.63, 3.8) is 0 Å². The van der Waals surface area contributed by atoms with Gasteiger partial charge in [0.2, 0.25) is 16.2 Å². The minimum atomic E-state index is -2.39. The van der Waals surface area contributed by atoms with Gasteiger partial charge in [0, 0.05) is 12.0 Å². The normalized spacial score (nSPS) is 20.5. The number of carbonyl (C=O) groups is 1.